The Morgan fingerprint density at radius 3 is 2.44 bits per heavy atom. The first-order valence-electron chi connectivity index (χ1n) is 5.48. The van der Waals surface area contributed by atoms with Gasteiger partial charge >= 0.3 is 5.97 Å². The van der Waals surface area contributed by atoms with Gasteiger partial charge in [0.2, 0.25) is 5.95 Å². The van der Waals surface area contributed by atoms with Crippen molar-refractivity contribution in [3.63, 3.8) is 0 Å². The lowest BCUT2D eigenvalue weighted by molar-refractivity contribution is -0.138. The monoisotopic (exact) mass is 243 g/mol. The molecular formula is C13H13N3O2. The molecule has 0 aliphatic rings. The van der Waals surface area contributed by atoms with Crippen molar-refractivity contribution in [2.75, 3.05) is 19.0 Å². The summed E-state index contributed by atoms with van der Waals surface area (Å²) >= 11 is 0. The lowest BCUT2D eigenvalue weighted by Crippen LogP contribution is -2.16. The number of methoxy groups -OCH3 is 1. The molecule has 0 atom stereocenters. The number of nitrogens with zero attached hydrogens (tertiary/aromatic N) is 2. The molecule has 1 N–H and O–H groups in total. The van der Waals surface area contributed by atoms with Crippen molar-refractivity contribution < 1.29 is 9.53 Å². The van der Waals surface area contributed by atoms with E-state index in [1.165, 1.54) is 7.11 Å². The van der Waals surface area contributed by atoms with Gasteiger partial charge in [0.05, 0.1) is 7.11 Å². The SMILES string of the molecule is COC(=O)CNc1ncc(-c2ccccc2)cn1. The molecule has 1 aromatic heterocycles. The third-order valence-electron chi connectivity index (χ3n) is 2.38. The normalized spacial score (nSPS) is 9.83. The topological polar surface area (TPSA) is 64.1 Å². The first kappa shape index (κ1) is 12.0. The summed E-state index contributed by atoms with van der Waals surface area (Å²) in [4.78, 5) is 19.2. The summed E-state index contributed by atoms with van der Waals surface area (Å²) in [5.74, 6) is 0.0471. The Balaban J connectivity index is 2.04. The molecule has 0 saturated heterocycles. The molecule has 0 aliphatic carbocycles. The quantitative estimate of drug-likeness (QED) is 0.828. The number of benzene rings is 1. The maximum absolute atomic E-state index is 10.9. The van der Waals surface area contributed by atoms with E-state index in [4.69, 9.17) is 0 Å². The van der Waals surface area contributed by atoms with Crippen molar-refractivity contribution in [2.24, 2.45) is 0 Å². The fourth-order valence-corrected chi connectivity index (χ4v) is 1.42. The molecule has 0 aliphatic heterocycles. The van der Waals surface area contributed by atoms with E-state index in [1.807, 2.05) is 30.3 Å². The zero-order chi connectivity index (χ0) is 12.8. The first-order chi connectivity index (χ1) is 8.79. The summed E-state index contributed by atoms with van der Waals surface area (Å²) in [5, 5.41) is 2.78. The van der Waals surface area contributed by atoms with E-state index in [0.717, 1.165) is 11.1 Å². The van der Waals surface area contributed by atoms with Crippen LogP contribution in [0.15, 0.2) is 42.7 Å². The van der Waals surface area contributed by atoms with Gasteiger partial charge in [0.1, 0.15) is 6.54 Å². The predicted octanol–water partition coefficient (Wildman–Crippen LogP) is 1.73. The summed E-state index contributed by atoms with van der Waals surface area (Å²) in [6, 6.07) is 9.84. The lowest BCUT2D eigenvalue weighted by Gasteiger charge is -2.04. The second-order valence-electron chi connectivity index (χ2n) is 3.59. The van der Waals surface area contributed by atoms with Crippen LogP contribution in [-0.2, 0) is 9.53 Å². The summed E-state index contributed by atoms with van der Waals surface area (Å²) in [6.07, 6.45) is 3.42. The Kier molecular flexibility index (Phi) is 3.86. The number of anilines is 1. The summed E-state index contributed by atoms with van der Waals surface area (Å²) < 4.78 is 4.51. The highest BCUT2D eigenvalue weighted by molar-refractivity contribution is 5.74. The van der Waals surface area contributed by atoms with E-state index in [-0.39, 0.29) is 12.5 Å². The van der Waals surface area contributed by atoms with Gasteiger partial charge in [-0.2, -0.15) is 0 Å². The smallest absolute Gasteiger partial charge is 0.325 e. The highest BCUT2D eigenvalue weighted by atomic mass is 16.5. The minimum Gasteiger partial charge on any atom is -0.468 e. The van der Waals surface area contributed by atoms with E-state index in [1.54, 1.807) is 12.4 Å². The molecule has 0 radical (unpaired) electrons. The fourth-order valence-electron chi connectivity index (χ4n) is 1.42. The van der Waals surface area contributed by atoms with E-state index in [2.05, 4.69) is 20.0 Å². The van der Waals surface area contributed by atoms with Gasteiger partial charge in [-0.25, -0.2) is 9.97 Å². The zero-order valence-electron chi connectivity index (χ0n) is 9.96. The van der Waals surface area contributed by atoms with Gasteiger partial charge in [0.15, 0.2) is 0 Å². The van der Waals surface area contributed by atoms with Crippen LogP contribution in [-0.4, -0.2) is 29.6 Å². The summed E-state index contributed by atoms with van der Waals surface area (Å²) in [7, 11) is 1.34. The molecule has 0 unspecified atom stereocenters. The second kappa shape index (κ2) is 5.77. The molecule has 0 bridgehead atoms. The molecule has 2 rings (SSSR count). The van der Waals surface area contributed by atoms with Crippen LogP contribution in [0.4, 0.5) is 5.95 Å². The highest BCUT2D eigenvalue weighted by Gasteiger charge is 2.02. The van der Waals surface area contributed by atoms with Crippen molar-refractivity contribution in [1.29, 1.82) is 0 Å². The van der Waals surface area contributed by atoms with Crippen molar-refractivity contribution in [2.45, 2.75) is 0 Å². The molecule has 1 aromatic carbocycles. The van der Waals surface area contributed by atoms with Crippen LogP contribution in [0, 0.1) is 0 Å². The van der Waals surface area contributed by atoms with Crippen LogP contribution >= 0.6 is 0 Å². The Morgan fingerprint density at radius 1 is 1.17 bits per heavy atom. The number of carbonyl (C=O) groups excluding carboxylic acids is 1. The van der Waals surface area contributed by atoms with Crippen LogP contribution in [0.25, 0.3) is 11.1 Å². The number of nitrogens with one attached hydrogen (secondary N) is 1. The molecule has 1 heterocycles. The third-order valence-corrected chi connectivity index (χ3v) is 2.38. The van der Waals surface area contributed by atoms with Crippen LogP contribution in [0.3, 0.4) is 0 Å². The minimum atomic E-state index is -0.356. The van der Waals surface area contributed by atoms with Crippen molar-refractivity contribution >= 4 is 11.9 Å². The standard InChI is InChI=1S/C13H13N3O2/c1-18-12(17)9-16-13-14-7-11(8-15-13)10-5-3-2-4-6-10/h2-8H,9H2,1H3,(H,14,15,16). The van der Waals surface area contributed by atoms with Crippen LogP contribution in [0.5, 0.6) is 0 Å². The molecule has 0 amide bonds. The van der Waals surface area contributed by atoms with E-state index in [9.17, 15) is 4.79 Å². The lowest BCUT2D eigenvalue weighted by atomic mass is 10.1. The van der Waals surface area contributed by atoms with Crippen molar-refractivity contribution in [1.82, 2.24) is 9.97 Å². The molecule has 18 heavy (non-hydrogen) atoms. The van der Waals surface area contributed by atoms with Gasteiger partial charge in [-0.15, -0.1) is 0 Å². The maximum Gasteiger partial charge on any atom is 0.325 e. The molecule has 5 heteroatoms. The van der Waals surface area contributed by atoms with E-state index >= 15 is 0 Å². The zero-order valence-corrected chi connectivity index (χ0v) is 9.96. The van der Waals surface area contributed by atoms with Crippen LogP contribution in [0.2, 0.25) is 0 Å². The maximum atomic E-state index is 10.9. The van der Waals surface area contributed by atoms with E-state index < -0.39 is 0 Å². The van der Waals surface area contributed by atoms with Gasteiger partial charge in [0, 0.05) is 18.0 Å². The molecule has 0 saturated carbocycles. The highest BCUT2D eigenvalue weighted by Crippen LogP contribution is 2.16. The Bertz CT molecular complexity index is 512. The number of hydrogen-bond acceptors (Lipinski definition) is 5. The van der Waals surface area contributed by atoms with E-state index in [0.29, 0.717) is 5.95 Å². The predicted molar refractivity (Wildman–Crippen MR) is 68.0 cm³/mol. The van der Waals surface area contributed by atoms with Gasteiger partial charge < -0.3 is 10.1 Å². The average molecular weight is 243 g/mol. The van der Waals surface area contributed by atoms with Crippen molar-refractivity contribution in [3.8, 4) is 11.1 Å². The first-order valence-corrected chi connectivity index (χ1v) is 5.48. The van der Waals surface area contributed by atoms with Gasteiger partial charge in [-0.3, -0.25) is 4.79 Å². The average Bonchev–Trinajstić information content (AvgIpc) is 2.46. The van der Waals surface area contributed by atoms with Crippen LogP contribution in [0.1, 0.15) is 0 Å². The minimum absolute atomic E-state index is 0.0567. The molecule has 0 fully saturated rings. The third kappa shape index (κ3) is 3.04. The number of ether oxygens (including phenoxy) is 1. The Labute approximate surface area is 105 Å². The number of esters is 1. The van der Waals surface area contributed by atoms with Gasteiger partial charge in [-0.05, 0) is 5.56 Å². The number of carbonyl (C=O) groups is 1. The van der Waals surface area contributed by atoms with Gasteiger partial charge in [-0.1, -0.05) is 30.3 Å². The largest absolute Gasteiger partial charge is 0.468 e. The Hall–Kier alpha value is -2.43. The summed E-state index contributed by atoms with van der Waals surface area (Å²) in [5.41, 5.74) is 1.98. The molecule has 92 valence electrons. The van der Waals surface area contributed by atoms with Crippen LogP contribution < -0.4 is 5.32 Å². The van der Waals surface area contributed by atoms with Crippen molar-refractivity contribution in [3.05, 3.63) is 42.7 Å². The van der Waals surface area contributed by atoms with Gasteiger partial charge in [0.25, 0.3) is 0 Å². The molecular weight excluding hydrogens is 230 g/mol. The second-order valence-corrected chi connectivity index (χ2v) is 3.59. The fraction of sp³-hybridized carbons (Fsp3) is 0.154. The summed E-state index contributed by atoms with van der Waals surface area (Å²) in [6.45, 7) is 0.0567. The number of aromatic nitrogens is 2. The number of hydrogen-bond donors (Lipinski definition) is 1. The molecule has 2 aromatic rings. The Morgan fingerprint density at radius 2 is 1.83 bits per heavy atom. The number of rotatable bonds is 4. The molecule has 5 nitrogen and oxygen atoms in total. The molecule has 0 spiro atoms.